The third-order valence-electron chi connectivity index (χ3n) is 2.55. The maximum atomic E-state index is 5.33. The first-order chi connectivity index (χ1) is 4.93. The molecular formula is C9H10O. The maximum absolute atomic E-state index is 5.33. The van der Waals surface area contributed by atoms with E-state index in [9.17, 15) is 0 Å². The first-order valence-electron chi connectivity index (χ1n) is 3.95. The van der Waals surface area contributed by atoms with Gasteiger partial charge in [0.25, 0.3) is 0 Å². The van der Waals surface area contributed by atoms with Gasteiger partial charge in [0.15, 0.2) is 0 Å². The minimum atomic E-state index is 0.429. The Morgan fingerprint density at radius 3 is 2.10 bits per heavy atom. The van der Waals surface area contributed by atoms with Crippen molar-refractivity contribution in [2.24, 2.45) is 11.8 Å². The van der Waals surface area contributed by atoms with Gasteiger partial charge in [-0.2, -0.15) is 0 Å². The van der Waals surface area contributed by atoms with Gasteiger partial charge in [0, 0.05) is 0 Å². The smallest absolute Gasteiger partial charge is 0.106 e. The first-order valence-corrected chi connectivity index (χ1v) is 3.95. The van der Waals surface area contributed by atoms with Gasteiger partial charge in [0.2, 0.25) is 0 Å². The molecule has 1 heterocycles. The number of epoxide rings is 1. The molecular weight excluding hydrogens is 124 g/mol. The lowest BCUT2D eigenvalue weighted by Gasteiger charge is -1.87. The minimum absolute atomic E-state index is 0.429. The van der Waals surface area contributed by atoms with Gasteiger partial charge in [-0.25, -0.2) is 0 Å². The van der Waals surface area contributed by atoms with Gasteiger partial charge >= 0.3 is 0 Å². The van der Waals surface area contributed by atoms with E-state index in [0.717, 1.165) is 11.8 Å². The van der Waals surface area contributed by atoms with Crippen molar-refractivity contribution in [3.05, 3.63) is 24.3 Å². The SMILES string of the molecule is C1=C[C@@H]2O[C@@H]2C=C[C@H]2C[C@@H]12. The molecule has 1 heteroatoms. The molecule has 0 unspecified atom stereocenters. The predicted molar refractivity (Wildman–Crippen MR) is 38.5 cm³/mol. The van der Waals surface area contributed by atoms with Gasteiger partial charge in [-0.3, -0.25) is 0 Å². The standard InChI is InChI=1S/C9H10O/c1-3-8-9(10-8)4-2-7-5-6(1)7/h1-4,6-9H,5H2/t6-,7+,8+,9-. The summed E-state index contributed by atoms with van der Waals surface area (Å²) in [5.41, 5.74) is 0. The Morgan fingerprint density at radius 1 is 0.900 bits per heavy atom. The van der Waals surface area contributed by atoms with Gasteiger partial charge in [0.1, 0.15) is 12.2 Å². The molecule has 0 aromatic heterocycles. The molecule has 0 spiro atoms. The number of fused-ring (bicyclic) bond motifs is 2. The fourth-order valence-electron chi connectivity index (χ4n) is 1.63. The zero-order chi connectivity index (χ0) is 6.55. The van der Waals surface area contributed by atoms with Gasteiger partial charge < -0.3 is 4.74 Å². The van der Waals surface area contributed by atoms with Crippen LogP contribution in [0.3, 0.4) is 0 Å². The molecule has 4 atom stereocenters. The third kappa shape index (κ3) is 0.671. The largest absolute Gasteiger partial charge is 0.361 e. The number of rotatable bonds is 0. The van der Waals surface area contributed by atoms with Gasteiger partial charge in [-0.1, -0.05) is 24.3 Å². The molecule has 0 aromatic carbocycles. The molecule has 2 aliphatic carbocycles. The summed E-state index contributed by atoms with van der Waals surface area (Å²) in [6, 6.07) is 0. The molecule has 10 heavy (non-hydrogen) atoms. The van der Waals surface area contributed by atoms with Gasteiger partial charge in [0.05, 0.1) is 0 Å². The monoisotopic (exact) mass is 134 g/mol. The van der Waals surface area contributed by atoms with Crippen molar-refractivity contribution in [3.63, 3.8) is 0 Å². The van der Waals surface area contributed by atoms with E-state index in [1.54, 1.807) is 0 Å². The Bertz CT molecular complexity index is 173. The van der Waals surface area contributed by atoms with Crippen LogP contribution in [0.15, 0.2) is 24.3 Å². The highest BCUT2D eigenvalue weighted by atomic mass is 16.6. The summed E-state index contributed by atoms with van der Waals surface area (Å²) in [7, 11) is 0. The number of hydrogen-bond donors (Lipinski definition) is 0. The van der Waals surface area contributed by atoms with Crippen LogP contribution >= 0.6 is 0 Å². The molecule has 1 nitrogen and oxygen atoms in total. The summed E-state index contributed by atoms with van der Waals surface area (Å²) < 4.78 is 5.33. The van der Waals surface area contributed by atoms with Gasteiger partial charge in [-0.15, -0.1) is 0 Å². The third-order valence-corrected chi connectivity index (χ3v) is 2.55. The first kappa shape index (κ1) is 5.14. The normalized spacial score (nSPS) is 54.4. The van der Waals surface area contributed by atoms with Crippen molar-refractivity contribution < 1.29 is 4.74 Å². The Hall–Kier alpha value is -0.560. The Labute approximate surface area is 60.4 Å². The summed E-state index contributed by atoms with van der Waals surface area (Å²) in [6.45, 7) is 0. The van der Waals surface area contributed by atoms with Crippen molar-refractivity contribution >= 4 is 0 Å². The minimum Gasteiger partial charge on any atom is -0.361 e. The van der Waals surface area contributed by atoms with Crippen LogP contribution in [-0.4, -0.2) is 12.2 Å². The number of allylic oxidation sites excluding steroid dienone is 2. The molecule has 0 bridgehead atoms. The van der Waals surface area contributed by atoms with E-state index in [1.807, 2.05) is 0 Å². The van der Waals surface area contributed by atoms with E-state index in [-0.39, 0.29) is 0 Å². The second kappa shape index (κ2) is 1.54. The topological polar surface area (TPSA) is 12.5 Å². The van der Waals surface area contributed by atoms with Crippen LogP contribution in [0.5, 0.6) is 0 Å². The van der Waals surface area contributed by atoms with Crippen LogP contribution < -0.4 is 0 Å². The Kier molecular flexibility index (Phi) is 0.789. The fourth-order valence-corrected chi connectivity index (χ4v) is 1.63. The molecule has 0 amide bonds. The summed E-state index contributed by atoms with van der Waals surface area (Å²) >= 11 is 0. The summed E-state index contributed by atoms with van der Waals surface area (Å²) in [4.78, 5) is 0. The quantitative estimate of drug-likeness (QED) is 0.361. The van der Waals surface area contributed by atoms with E-state index < -0.39 is 0 Å². The highest BCUT2D eigenvalue weighted by Gasteiger charge is 2.40. The van der Waals surface area contributed by atoms with Gasteiger partial charge in [-0.05, 0) is 18.3 Å². The van der Waals surface area contributed by atoms with Crippen LogP contribution in [0, 0.1) is 11.8 Å². The molecule has 0 radical (unpaired) electrons. The van der Waals surface area contributed by atoms with E-state index in [1.165, 1.54) is 6.42 Å². The number of ether oxygens (including phenoxy) is 1. The lowest BCUT2D eigenvalue weighted by atomic mass is 10.1. The zero-order valence-electron chi connectivity index (χ0n) is 5.73. The average Bonchev–Trinajstić information content (AvgIpc) is 2.70. The molecule has 1 saturated carbocycles. The average molecular weight is 134 g/mol. The van der Waals surface area contributed by atoms with Crippen LogP contribution in [0.4, 0.5) is 0 Å². The summed E-state index contributed by atoms with van der Waals surface area (Å²) in [5, 5.41) is 0. The maximum Gasteiger partial charge on any atom is 0.106 e. The van der Waals surface area contributed by atoms with Crippen molar-refractivity contribution in [3.8, 4) is 0 Å². The van der Waals surface area contributed by atoms with Crippen LogP contribution in [0.1, 0.15) is 6.42 Å². The molecule has 1 saturated heterocycles. The molecule has 2 fully saturated rings. The molecule has 1 aliphatic heterocycles. The van der Waals surface area contributed by atoms with Crippen LogP contribution in [0.2, 0.25) is 0 Å². The Balaban J connectivity index is 1.89. The van der Waals surface area contributed by atoms with E-state index >= 15 is 0 Å². The lowest BCUT2D eigenvalue weighted by Crippen LogP contribution is -1.88. The zero-order valence-corrected chi connectivity index (χ0v) is 5.73. The van der Waals surface area contributed by atoms with Crippen molar-refractivity contribution in [1.82, 2.24) is 0 Å². The van der Waals surface area contributed by atoms with E-state index in [4.69, 9.17) is 4.74 Å². The van der Waals surface area contributed by atoms with Crippen molar-refractivity contribution in [1.29, 1.82) is 0 Å². The highest BCUT2D eigenvalue weighted by Crippen LogP contribution is 2.43. The number of hydrogen-bond acceptors (Lipinski definition) is 1. The summed E-state index contributed by atoms with van der Waals surface area (Å²) in [6.07, 6.45) is 11.3. The molecule has 3 rings (SSSR count). The van der Waals surface area contributed by atoms with Crippen LogP contribution in [-0.2, 0) is 4.74 Å². The lowest BCUT2D eigenvalue weighted by molar-refractivity contribution is 0.413. The Morgan fingerprint density at radius 2 is 1.50 bits per heavy atom. The fraction of sp³-hybridized carbons (Fsp3) is 0.556. The van der Waals surface area contributed by atoms with Crippen molar-refractivity contribution in [2.45, 2.75) is 18.6 Å². The summed E-state index contributed by atoms with van der Waals surface area (Å²) in [5.74, 6) is 1.70. The second-order valence-electron chi connectivity index (χ2n) is 3.40. The van der Waals surface area contributed by atoms with E-state index in [0.29, 0.717) is 12.2 Å². The molecule has 52 valence electrons. The van der Waals surface area contributed by atoms with Crippen LogP contribution in [0.25, 0.3) is 0 Å². The molecule has 3 aliphatic rings. The molecule has 0 N–H and O–H groups in total. The predicted octanol–water partition coefficient (Wildman–Crippen LogP) is 1.52. The van der Waals surface area contributed by atoms with Crippen molar-refractivity contribution in [2.75, 3.05) is 0 Å². The molecule has 0 aromatic rings. The van der Waals surface area contributed by atoms with E-state index in [2.05, 4.69) is 24.3 Å². The highest BCUT2D eigenvalue weighted by molar-refractivity contribution is 5.21. The second-order valence-corrected chi connectivity index (χ2v) is 3.40.